The topological polar surface area (TPSA) is 88.5 Å². The van der Waals surface area contributed by atoms with Crippen LogP contribution in [0.4, 0.5) is 16.2 Å². The average molecular weight is 434 g/mol. The maximum absolute atomic E-state index is 12.7. The number of para-hydroxylation sites is 1. The van der Waals surface area contributed by atoms with Gasteiger partial charge in [0.05, 0.1) is 0 Å². The van der Waals surface area contributed by atoms with E-state index in [1.165, 1.54) is 0 Å². The molecule has 0 radical (unpaired) electrons. The van der Waals surface area contributed by atoms with Crippen molar-refractivity contribution in [3.8, 4) is 5.75 Å². The molecule has 32 heavy (non-hydrogen) atoms. The van der Waals surface area contributed by atoms with Crippen LogP contribution >= 0.6 is 0 Å². The normalized spacial score (nSPS) is 14.1. The number of amides is 3. The Labute approximate surface area is 187 Å². The van der Waals surface area contributed by atoms with Crippen LogP contribution in [0.15, 0.2) is 67.0 Å². The molecule has 0 spiro atoms. The van der Waals surface area contributed by atoms with Crippen LogP contribution in [0.2, 0.25) is 0 Å². The van der Waals surface area contributed by atoms with E-state index in [9.17, 15) is 9.59 Å². The molecule has 2 aromatic carbocycles. The van der Waals surface area contributed by atoms with E-state index < -0.39 is 0 Å². The van der Waals surface area contributed by atoms with Crippen LogP contribution in [0.1, 0.15) is 18.7 Å². The lowest BCUT2D eigenvalue weighted by atomic mass is 9.96. The summed E-state index contributed by atoms with van der Waals surface area (Å²) in [5.74, 6) is 1.42. The fourth-order valence-corrected chi connectivity index (χ4v) is 3.63. The monoisotopic (exact) mass is 433 g/mol. The number of hydrogen-bond acceptors (Lipinski definition) is 4. The Balaban J connectivity index is 1.22. The number of aryl methyl sites for hydroxylation is 1. The van der Waals surface area contributed by atoms with Crippen LogP contribution in [-0.4, -0.2) is 39.5 Å². The number of benzene rings is 2. The van der Waals surface area contributed by atoms with Crippen LogP contribution in [0.25, 0.3) is 0 Å². The Hall–Kier alpha value is -3.81. The van der Waals surface area contributed by atoms with Gasteiger partial charge in [-0.25, -0.2) is 9.78 Å². The average Bonchev–Trinajstić information content (AvgIpc) is 3.24. The van der Waals surface area contributed by atoms with E-state index in [4.69, 9.17) is 4.74 Å². The van der Waals surface area contributed by atoms with Gasteiger partial charge in [0.1, 0.15) is 18.2 Å². The summed E-state index contributed by atoms with van der Waals surface area (Å²) in [5, 5.41) is 5.86. The van der Waals surface area contributed by atoms with E-state index in [0.717, 1.165) is 17.2 Å². The molecule has 1 aliphatic rings. The first-order chi connectivity index (χ1) is 15.6. The minimum Gasteiger partial charge on any atom is -0.486 e. The number of likely N-dealkylation sites (tertiary alicyclic amines) is 1. The number of carbonyl (C=O) groups is 2. The molecular formula is C24H27N5O3. The van der Waals surface area contributed by atoms with Crippen molar-refractivity contribution >= 4 is 23.3 Å². The Kier molecular flexibility index (Phi) is 6.69. The lowest BCUT2D eigenvalue weighted by Gasteiger charge is -2.31. The SMILES string of the molecule is Cn1ccnc1COc1ccc(NC(=O)C2CCN(C(=O)Nc3ccccc3)CC2)cc1. The largest absolute Gasteiger partial charge is 0.486 e. The molecule has 1 aromatic heterocycles. The van der Waals surface area contributed by atoms with E-state index in [1.54, 1.807) is 11.1 Å². The summed E-state index contributed by atoms with van der Waals surface area (Å²) in [4.78, 5) is 31.1. The highest BCUT2D eigenvalue weighted by Gasteiger charge is 2.27. The number of urea groups is 1. The van der Waals surface area contributed by atoms with Crippen LogP contribution in [0.3, 0.4) is 0 Å². The number of piperidine rings is 1. The van der Waals surface area contributed by atoms with Gasteiger partial charge in [-0.3, -0.25) is 4.79 Å². The van der Waals surface area contributed by atoms with E-state index in [1.807, 2.05) is 72.4 Å². The summed E-state index contributed by atoms with van der Waals surface area (Å²) in [6.45, 7) is 1.49. The summed E-state index contributed by atoms with van der Waals surface area (Å²) in [6.07, 6.45) is 4.88. The summed E-state index contributed by atoms with van der Waals surface area (Å²) in [6, 6.07) is 16.6. The molecule has 0 unspecified atom stereocenters. The third-order valence-corrected chi connectivity index (χ3v) is 5.59. The zero-order valence-electron chi connectivity index (χ0n) is 18.0. The standard InChI is InChI=1S/C24H27N5O3/c1-28-16-13-25-22(28)17-32-21-9-7-20(8-10-21)26-23(30)18-11-14-29(15-12-18)24(31)27-19-5-3-2-4-6-19/h2-10,13,16,18H,11-12,14-15,17H2,1H3,(H,26,30)(H,27,31). The van der Waals surface area contributed by atoms with Crippen molar-refractivity contribution in [2.75, 3.05) is 23.7 Å². The zero-order chi connectivity index (χ0) is 22.3. The van der Waals surface area contributed by atoms with Gasteiger partial charge < -0.3 is 24.8 Å². The van der Waals surface area contributed by atoms with Crippen LogP contribution in [0, 0.1) is 5.92 Å². The predicted octanol–water partition coefficient (Wildman–Crippen LogP) is 3.88. The second-order valence-electron chi connectivity index (χ2n) is 7.81. The van der Waals surface area contributed by atoms with Gasteiger partial charge >= 0.3 is 6.03 Å². The molecule has 1 aliphatic heterocycles. The lowest BCUT2D eigenvalue weighted by Crippen LogP contribution is -2.43. The lowest BCUT2D eigenvalue weighted by molar-refractivity contribution is -0.121. The van der Waals surface area contributed by atoms with Gasteiger partial charge in [0.25, 0.3) is 0 Å². The first-order valence-electron chi connectivity index (χ1n) is 10.7. The molecule has 0 bridgehead atoms. The molecular weight excluding hydrogens is 406 g/mol. The summed E-state index contributed by atoms with van der Waals surface area (Å²) < 4.78 is 7.65. The first kappa shape index (κ1) is 21.4. The third-order valence-electron chi connectivity index (χ3n) is 5.59. The summed E-state index contributed by atoms with van der Waals surface area (Å²) in [5.41, 5.74) is 1.49. The summed E-state index contributed by atoms with van der Waals surface area (Å²) in [7, 11) is 1.92. The molecule has 3 aromatic rings. The van der Waals surface area contributed by atoms with Gasteiger partial charge in [-0.2, -0.15) is 0 Å². The molecule has 166 valence electrons. The molecule has 8 nitrogen and oxygen atoms in total. The van der Waals surface area contributed by atoms with Crippen molar-refractivity contribution in [2.24, 2.45) is 13.0 Å². The fraction of sp³-hybridized carbons (Fsp3) is 0.292. The number of nitrogens with one attached hydrogen (secondary N) is 2. The number of rotatable bonds is 6. The number of imidazole rings is 1. The molecule has 0 aliphatic carbocycles. The molecule has 3 amide bonds. The molecule has 2 heterocycles. The number of hydrogen-bond donors (Lipinski definition) is 2. The van der Waals surface area contributed by atoms with E-state index in [0.29, 0.717) is 38.3 Å². The molecule has 2 N–H and O–H groups in total. The predicted molar refractivity (Wildman–Crippen MR) is 122 cm³/mol. The summed E-state index contributed by atoms with van der Waals surface area (Å²) >= 11 is 0. The van der Waals surface area contributed by atoms with Crippen LogP contribution < -0.4 is 15.4 Å². The second kappa shape index (κ2) is 10.00. The maximum atomic E-state index is 12.7. The number of carbonyl (C=O) groups excluding carboxylic acids is 2. The van der Waals surface area contributed by atoms with Crippen molar-refractivity contribution in [3.63, 3.8) is 0 Å². The van der Waals surface area contributed by atoms with E-state index >= 15 is 0 Å². The number of nitrogens with zero attached hydrogens (tertiary/aromatic N) is 3. The second-order valence-corrected chi connectivity index (χ2v) is 7.81. The van der Waals surface area contributed by atoms with Crippen molar-refractivity contribution in [3.05, 3.63) is 72.8 Å². The number of anilines is 2. The molecule has 4 rings (SSSR count). The van der Waals surface area contributed by atoms with Gasteiger partial charge in [0.15, 0.2) is 0 Å². The van der Waals surface area contributed by atoms with Gasteiger partial charge in [-0.15, -0.1) is 0 Å². The van der Waals surface area contributed by atoms with Gasteiger partial charge in [-0.1, -0.05) is 18.2 Å². The van der Waals surface area contributed by atoms with Crippen molar-refractivity contribution in [1.29, 1.82) is 0 Å². The smallest absolute Gasteiger partial charge is 0.321 e. The highest BCUT2D eigenvalue weighted by molar-refractivity contribution is 5.93. The first-order valence-corrected chi connectivity index (χ1v) is 10.7. The number of aromatic nitrogens is 2. The Morgan fingerprint density at radius 1 is 1.00 bits per heavy atom. The molecule has 8 heteroatoms. The van der Waals surface area contributed by atoms with Crippen molar-refractivity contribution in [1.82, 2.24) is 14.5 Å². The van der Waals surface area contributed by atoms with Crippen LogP contribution in [0.5, 0.6) is 5.75 Å². The van der Waals surface area contributed by atoms with Crippen LogP contribution in [-0.2, 0) is 18.4 Å². The molecule has 1 fully saturated rings. The minimum absolute atomic E-state index is 0.0187. The minimum atomic E-state index is -0.129. The van der Waals surface area contributed by atoms with Gasteiger partial charge in [-0.05, 0) is 49.2 Å². The highest BCUT2D eigenvalue weighted by Crippen LogP contribution is 2.22. The zero-order valence-corrected chi connectivity index (χ0v) is 18.0. The highest BCUT2D eigenvalue weighted by atomic mass is 16.5. The fourth-order valence-electron chi connectivity index (χ4n) is 3.63. The molecule has 1 saturated heterocycles. The molecule has 0 atom stereocenters. The van der Waals surface area contributed by atoms with Crippen molar-refractivity contribution < 1.29 is 14.3 Å². The quantitative estimate of drug-likeness (QED) is 0.617. The van der Waals surface area contributed by atoms with Crippen molar-refractivity contribution in [2.45, 2.75) is 19.4 Å². The number of ether oxygens (including phenoxy) is 1. The van der Waals surface area contributed by atoms with Gasteiger partial charge in [0.2, 0.25) is 5.91 Å². The Morgan fingerprint density at radius 3 is 2.34 bits per heavy atom. The molecule has 0 saturated carbocycles. The Morgan fingerprint density at radius 2 is 1.69 bits per heavy atom. The van der Waals surface area contributed by atoms with Gasteiger partial charge in [0, 0.05) is 49.8 Å². The van der Waals surface area contributed by atoms with E-state index in [2.05, 4.69) is 15.6 Å². The Bertz CT molecular complexity index is 1040. The van der Waals surface area contributed by atoms with E-state index in [-0.39, 0.29) is 17.9 Å². The maximum Gasteiger partial charge on any atom is 0.321 e. The third kappa shape index (κ3) is 5.46.